The molecule has 1 aromatic carbocycles. The van der Waals surface area contributed by atoms with E-state index in [9.17, 15) is 5.11 Å². The van der Waals surface area contributed by atoms with Crippen LogP contribution in [0.15, 0.2) is 42.7 Å². The van der Waals surface area contributed by atoms with E-state index in [0.29, 0.717) is 6.54 Å². The predicted octanol–water partition coefficient (Wildman–Crippen LogP) is 1.99. The molecule has 0 aliphatic rings. The summed E-state index contributed by atoms with van der Waals surface area (Å²) in [7, 11) is 0. The number of hydrogen-bond acceptors (Lipinski definition) is 2. The minimum absolute atomic E-state index is 0.702. The Labute approximate surface area is 101 Å². The van der Waals surface area contributed by atoms with E-state index in [0.717, 1.165) is 5.56 Å². The van der Waals surface area contributed by atoms with Crippen molar-refractivity contribution in [2.75, 3.05) is 0 Å². The van der Waals surface area contributed by atoms with Gasteiger partial charge in [0.25, 0.3) is 0 Å². The van der Waals surface area contributed by atoms with Gasteiger partial charge < -0.3 is 5.11 Å². The van der Waals surface area contributed by atoms with Crippen molar-refractivity contribution < 1.29 is 5.11 Å². The van der Waals surface area contributed by atoms with Gasteiger partial charge in [-0.05, 0) is 12.5 Å². The van der Waals surface area contributed by atoms with Crippen LogP contribution in [-0.4, -0.2) is 14.9 Å². The maximum atomic E-state index is 9.67. The first kappa shape index (κ1) is 11.4. The summed E-state index contributed by atoms with van der Waals surface area (Å²) >= 11 is 0. The molecular weight excluding hydrogens is 212 g/mol. The van der Waals surface area contributed by atoms with Gasteiger partial charge in [-0.2, -0.15) is 5.10 Å². The van der Waals surface area contributed by atoms with E-state index in [4.69, 9.17) is 0 Å². The van der Waals surface area contributed by atoms with Crippen molar-refractivity contribution in [1.29, 1.82) is 0 Å². The van der Waals surface area contributed by atoms with Crippen LogP contribution in [0.4, 0.5) is 0 Å². The van der Waals surface area contributed by atoms with E-state index < -0.39 is 6.10 Å². The van der Waals surface area contributed by atoms with Crippen molar-refractivity contribution in [2.24, 2.45) is 0 Å². The summed E-state index contributed by atoms with van der Waals surface area (Å²) in [5.74, 6) is 5.38. The van der Waals surface area contributed by atoms with Gasteiger partial charge in [0.15, 0.2) is 0 Å². The fraction of sp³-hybridized carbons (Fsp3) is 0.214. The Balaban J connectivity index is 2.10. The highest BCUT2D eigenvalue weighted by Gasteiger charge is 2.06. The molecule has 17 heavy (non-hydrogen) atoms. The number of nitrogens with zero attached hydrogens (tertiary/aromatic N) is 2. The first-order valence-corrected chi connectivity index (χ1v) is 5.46. The number of hydrogen-bond donors (Lipinski definition) is 1. The lowest BCUT2D eigenvalue weighted by Gasteiger charge is -2.01. The Morgan fingerprint density at radius 3 is 2.82 bits per heavy atom. The molecule has 0 fully saturated rings. The second-order valence-corrected chi connectivity index (χ2v) is 3.75. The van der Waals surface area contributed by atoms with Crippen LogP contribution in [0.1, 0.15) is 24.2 Å². The highest BCUT2D eigenvalue weighted by atomic mass is 16.3. The van der Waals surface area contributed by atoms with Crippen molar-refractivity contribution in [3.8, 4) is 11.8 Å². The Kier molecular flexibility index (Phi) is 3.59. The molecule has 1 aromatic heterocycles. The summed E-state index contributed by atoms with van der Waals surface area (Å²) in [4.78, 5) is 0. The normalized spacial score (nSPS) is 11.6. The van der Waals surface area contributed by atoms with Crippen molar-refractivity contribution in [1.82, 2.24) is 9.78 Å². The molecule has 1 N–H and O–H groups in total. The largest absolute Gasteiger partial charge is 0.376 e. The van der Waals surface area contributed by atoms with Crippen molar-refractivity contribution in [2.45, 2.75) is 19.6 Å². The highest BCUT2D eigenvalue weighted by Crippen LogP contribution is 2.11. The second kappa shape index (κ2) is 5.33. The maximum absolute atomic E-state index is 9.67. The van der Waals surface area contributed by atoms with Crippen LogP contribution in [0.2, 0.25) is 0 Å². The lowest BCUT2D eigenvalue weighted by atomic mass is 10.2. The Morgan fingerprint density at radius 1 is 1.35 bits per heavy atom. The lowest BCUT2D eigenvalue weighted by molar-refractivity contribution is 0.238. The third kappa shape index (κ3) is 2.96. The predicted molar refractivity (Wildman–Crippen MR) is 66.2 cm³/mol. The van der Waals surface area contributed by atoms with Gasteiger partial charge in [0.2, 0.25) is 0 Å². The molecule has 3 nitrogen and oxygen atoms in total. The zero-order valence-corrected chi connectivity index (χ0v) is 9.67. The summed E-state index contributed by atoms with van der Waals surface area (Å²) in [5.41, 5.74) is 1.91. The molecule has 1 atom stereocenters. The molecule has 2 aromatic rings. The van der Waals surface area contributed by atoms with Crippen molar-refractivity contribution >= 4 is 0 Å². The number of benzene rings is 1. The van der Waals surface area contributed by atoms with Gasteiger partial charge in [0.05, 0.1) is 12.7 Å². The van der Waals surface area contributed by atoms with Crippen LogP contribution >= 0.6 is 0 Å². The number of aliphatic hydroxyl groups is 1. The molecule has 0 spiro atoms. The molecule has 2 rings (SSSR count). The molecule has 0 radical (unpaired) electrons. The molecule has 3 heteroatoms. The van der Waals surface area contributed by atoms with Crippen molar-refractivity contribution in [3.05, 3.63) is 53.9 Å². The zero-order chi connectivity index (χ0) is 12.1. The summed E-state index contributed by atoms with van der Waals surface area (Å²) in [6.07, 6.45) is 2.73. The molecule has 1 unspecified atom stereocenters. The van der Waals surface area contributed by atoms with Gasteiger partial charge in [0, 0.05) is 11.8 Å². The molecular formula is C14H14N2O. The molecule has 0 saturated carbocycles. The van der Waals surface area contributed by atoms with E-state index in [1.54, 1.807) is 17.8 Å². The molecule has 0 saturated heterocycles. The third-order valence-electron chi connectivity index (χ3n) is 2.44. The van der Waals surface area contributed by atoms with E-state index >= 15 is 0 Å². The van der Waals surface area contributed by atoms with Crippen molar-refractivity contribution in [3.63, 3.8) is 0 Å². The maximum Gasteiger partial charge on any atom is 0.143 e. The number of aliphatic hydroxyl groups excluding tert-OH is 1. The van der Waals surface area contributed by atoms with E-state index in [-0.39, 0.29) is 0 Å². The summed E-state index contributed by atoms with van der Waals surface area (Å²) in [5, 5.41) is 13.9. The summed E-state index contributed by atoms with van der Waals surface area (Å²) in [6.45, 7) is 2.41. The van der Waals surface area contributed by atoms with Gasteiger partial charge in [-0.25, -0.2) is 0 Å². The average molecular weight is 226 g/mol. The van der Waals surface area contributed by atoms with E-state index in [2.05, 4.69) is 16.9 Å². The van der Waals surface area contributed by atoms with Gasteiger partial charge in [0.1, 0.15) is 6.10 Å². The first-order valence-electron chi connectivity index (χ1n) is 5.46. The molecule has 1 heterocycles. The Hall–Kier alpha value is -2.05. The molecule has 0 aliphatic heterocycles. The average Bonchev–Trinajstić information content (AvgIpc) is 2.79. The minimum Gasteiger partial charge on any atom is -0.376 e. The highest BCUT2D eigenvalue weighted by molar-refractivity contribution is 5.20. The monoisotopic (exact) mass is 226 g/mol. The Bertz CT molecular complexity index is 534. The fourth-order valence-corrected chi connectivity index (χ4v) is 1.60. The minimum atomic E-state index is -0.746. The van der Waals surface area contributed by atoms with Crippen LogP contribution in [0.3, 0.4) is 0 Å². The van der Waals surface area contributed by atoms with Gasteiger partial charge in [-0.15, -0.1) is 5.92 Å². The lowest BCUT2D eigenvalue weighted by Crippen LogP contribution is -1.99. The molecule has 86 valence electrons. The van der Waals surface area contributed by atoms with Crippen LogP contribution in [0.5, 0.6) is 0 Å². The molecule has 0 amide bonds. The first-order chi connectivity index (χ1) is 8.29. The topological polar surface area (TPSA) is 38.1 Å². The van der Waals surface area contributed by atoms with E-state index in [1.807, 2.05) is 36.5 Å². The summed E-state index contributed by atoms with van der Waals surface area (Å²) < 4.78 is 1.80. The van der Waals surface area contributed by atoms with Crippen LogP contribution in [0, 0.1) is 11.8 Å². The standard InChI is InChI=1S/C14H14N2O/c1-2-6-14(17)13-9-15-16(11-13)10-12-7-4-3-5-8-12/h3-5,7-9,11,14,17H,10H2,1H3. The van der Waals surface area contributed by atoms with E-state index in [1.165, 1.54) is 5.56 Å². The van der Waals surface area contributed by atoms with Crippen LogP contribution in [0.25, 0.3) is 0 Å². The van der Waals surface area contributed by atoms with Crippen LogP contribution in [-0.2, 0) is 6.54 Å². The van der Waals surface area contributed by atoms with Crippen LogP contribution < -0.4 is 0 Å². The Morgan fingerprint density at radius 2 is 2.12 bits per heavy atom. The molecule has 0 bridgehead atoms. The second-order valence-electron chi connectivity index (χ2n) is 3.75. The molecule has 0 aliphatic carbocycles. The fourth-order valence-electron chi connectivity index (χ4n) is 1.60. The summed E-state index contributed by atoms with van der Waals surface area (Å²) in [6, 6.07) is 10.1. The zero-order valence-electron chi connectivity index (χ0n) is 9.67. The van der Waals surface area contributed by atoms with Gasteiger partial charge >= 0.3 is 0 Å². The smallest absolute Gasteiger partial charge is 0.143 e. The third-order valence-corrected chi connectivity index (χ3v) is 2.44. The van der Waals surface area contributed by atoms with Gasteiger partial charge in [-0.1, -0.05) is 36.3 Å². The SMILES string of the molecule is CC#CC(O)c1cnn(Cc2ccccc2)c1. The number of aromatic nitrogens is 2. The van der Waals surface area contributed by atoms with Gasteiger partial charge in [-0.3, -0.25) is 4.68 Å². The number of rotatable bonds is 3. The quantitative estimate of drug-likeness (QED) is 0.813.